The number of aryl methyl sites for hydroxylation is 2. The van der Waals surface area contributed by atoms with E-state index in [1.807, 2.05) is 6.92 Å². The van der Waals surface area contributed by atoms with Gasteiger partial charge in [-0.15, -0.1) is 0 Å². The number of nitro benzene ring substituents is 1. The Balaban J connectivity index is 1.65. The summed E-state index contributed by atoms with van der Waals surface area (Å²) in [5, 5.41) is 13.8. The van der Waals surface area contributed by atoms with Crippen molar-refractivity contribution in [2.75, 3.05) is 25.0 Å². The van der Waals surface area contributed by atoms with Gasteiger partial charge in [-0.25, -0.2) is 8.42 Å². The Morgan fingerprint density at radius 3 is 2.44 bits per heavy atom. The number of hydrogen-bond acceptors (Lipinski definition) is 6. The second kappa shape index (κ2) is 9.66. The number of nitro groups is 1. The molecule has 1 saturated heterocycles. The van der Waals surface area contributed by atoms with Gasteiger partial charge in [-0.05, 0) is 62.9 Å². The van der Waals surface area contributed by atoms with E-state index in [1.54, 1.807) is 32.0 Å². The first-order chi connectivity index (χ1) is 15.1. The van der Waals surface area contributed by atoms with Gasteiger partial charge in [-0.1, -0.05) is 6.07 Å². The second-order valence-corrected chi connectivity index (χ2v) is 9.72. The molecule has 0 atom stereocenters. The van der Waals surface area contributed by atoms with Gasteiger partial charge in [0.05, 0.1) is 22.1 Å². The van der Waals surface area contributed by atoms with Crippen LogP contribution >= 0.6 is 0 Å². The number of non-ortho nitro benzene ring substituents is 1. The number of rotatable bonds is 7. The fraction of sp³-hybridized carbons (Fsp3) is 0.409. The lowest BCUT2D eigenvalue weighted by Gasteiger charge is -2.30. The molecule has 0 bridgehead atoms. The summed E-state index contributed by atoms with van der Waals surface area (Å²) in [5.74, 6) is 0.0167. The van der Waals surface area contributed by atoms with Crippen molar-refractivity contribution in [2.45, 2.75) is 38.5 Å². The van der Waals surface area contributed by atoms with E-state index in [2.05, 4.69) is 5.32 Å². The summed E-state index contributed by atoms with van der Waals surface area (Å²) in [6.45, 7) is 6.37. The maximum atomic E-state index is 13.0. The summed E-state index contributed by atoms with van der Waals surface area (Å²) in [7, 11) is -3.68. The van der Waals surface area contributed by atoms with Gasteiger partial charge in [0.1, 0.15) is 5.75 Å². The fourth-order valence-corrected chi connectivity index (χ4v) is 5.26. The second-order valence-electron chi connectivity index (χ2n) is 7.78. The number of amides is 1. The van der Waals surface area contributed by atoms with Crippen molar-refractivity contribution in [3.8, 4) is 5.75 Å². The minimum absolute atomic E-state index is 0.0996. The summed E-state index contributed by atoms with van der Waals surface area (Å²) in [6.07, 6.45) is 0.740. The molecule has 1 amide bonds. The van der Waals surface area contributed by atoms with E-state index in [-0.39, 0.29) is 35.5 Å². The molecule has 0 radical (unpaired) electrons. The Hall–Kier alpha value is -2.98. The number of carbonyl (C=O) groups excluding carboxylic acids is 1. The van der Waals surface area contributed by atoms with Gasteiger partial charge in [-0.2, -0.15) is 4.31 Å². The number of nitrogens with zero attached hydrogens (tertiary/aromatic N) is 2. The third-order valence-corrected chi connectivity index (χ3v) is 7.49. The lowest BCUT2D eigenvalue weighted by Crippen LogP contribution is -2.41. The zero-order valence-corrected chi connectivity index (χ0v) is 19.1. The van der Waals surface area contributed by atoms with Crippen LogP contribution in [0.4, 0.5) is 11.4 Å². The quantitative estimate of drug-likeness (QED) is 0.497. The maximum Gasteiger partial charge on any atom is 0.271 e. The number of hydrogen-bond donors (Lipinski definition) is 1. The molecule has 0 unspecified atom stereocenters. The monoisotopic (exact) mass is 461 g/mol. The molecule has 1 aliphatic heterocycles. The molecule has 10 heteroatoms. The predicted molar refractivity (Wildman–Crippen MR) is 120 cm³/mol. The number of carbonyl (C=O) groups is 1. The van der Waals surface area contributed by atoms with Crippen LogP contribution in [0.25, 0.3) is 0 Å². The molecule has 3 rings (SSSR count). The smallest absolute Gasteiger partial charge is 0.271 e. The zero-order chi connectivity index (χ0) is 23.5. The highest BCUT2D eigenvalue weighted by atomic mass is 32.2. The highest BCUT2D eigenvalue weighted by molar-refractivity contribution is 7.89. The molecule has 1 fully saturated rings. The van der Waals surface area contributed by atoms with Gasteiger partial charge in [0.2, 0.25) is 15.9 Å². The minimum atomic E-state index is -3.68. The van der Waals surface area contributed by atoms with Crippen LogP contribution in [0.15, 0.2) is 41.3 Å². The van der Waals surface area contributed by atoms with Crippen LogP contribution in [0.5, 0.6) is 5.75 Å². The number of nitrogens with one attached hydrogen (secondary N) is 1. The molecule has 2 aromatic rings. The number of benzene rings is 2. The fourth-order valence-electron chi connectivity index (χ4n) is 3.70. The van der Waals surface area contributed by atoms with Crippen molar-refractivity contribution in [1.82, 2.24) is 4.31 Å². The van der Waals surface area contributed by atoms with Crippen LogP contribution in [-0.4, -0.2) is 43.2 Å². The first-order valence-electron chi connectivity index (χ1n) is 10.4. The average Bonchev–Trinajstić information content (AvgIpc) is 2.76. The zero-order valence-electron chi connectivity index (χ0n) is 18.3. The van der Waals surface area contributed by atoms with Crippen LogP contribution in [-0.2, 0) is 14.8 Å². The van der Waals surface area contributed by atoms with Crippen LogP contribution in [0.1, 0.15) is 30.9 Å². The SMILES string of the molecule is CCOc1ccc(S(=O)(=O)N2CCC(C(=O)Nc3cc([N+](=O)[O-])ccc3C)CC2)cc1C. The normalized spacial score (nSPS) is 15.3. The molecule has 1 heterocycles. The summed E-state index contributed by atoms with van der Waals surface area (Å²) in [6, 6.07) is 9.11. The number of sulfonamides is 1. The van der Waals surface area contributed by atoms with E-state index in [0.717, 1.165) is 11.1 Å². The molecule has 0 saturated carbocycles. The van der Waals surface area contributed by atoms with Gasteiger partial charge >= 0.3 is 0 Å². The van der Waals surface area contributed by atoms with Crippen molar-refractivity contribution in [1.29, 1.82) is 0 Å². The Bertz CT molecular complexity index is 1120. The van der Waals surface area contributed by atoms with Crippen molar-refractivity contribution in [3.05, 3.63) is 57.6 Å². The molecule has 172 valence electrons. The Morgan fingerprint density at radius 2 is 1.84 bits per heavy atom. The Kier molecular flexibility index (Phi) is 7.15. The molecule has 2 aromatic carbocycles. The standard InChI is InChI=1S/C22H27N3O6S/c1-4-31-21-8-7-19(13-16(21)3)32(29,30)24-11-9-17(10-12-24)22(26)23-20-14-18(25(27)28)6-5-15(20)2/h5-8,13-14,17H,4,9-12H2,1-3H3,(H,23,26). The highest BCUT2D eigenvalue weighted by Crippen LogP contribution is 2.29. The summed E-state index contributed by atoms with van der Waals surface area (Å²) >= 11 is 0. The van der Waals surface area contributed by atoms with Crippen molar-refractivity contribution >= 4 is 27.3 Å². The van der Waals surface area contributed by atoms with E-state index in [1.165, 1.54) is 22.5 Å². The summed E-state index contributed by atoms with van der Waals surface area (Å²) in [5.41, 5.74) is 1.76. The third kappa shape index (κ3) is 5.08. The molecule has 32 heavy (non-hydrogen) atoms. The summed E-state index contributed by atoms with van der Waals surface area (Å²) in [4.78, 5) is 23.4. The predicted octanol–water partition coefficient (Wildman–Crippen LogP) is 3.65. The van der Waals surface area contributed by atoms with E-state index in [0.29, 0.717) is 30.9 Å². The van der Waals surface area contributed by atoms with Crippen LogP contribution < -0.4 is 10.1 Å². The van der Waals surface area contributed by atoms with E-state index in [9.17, 15) is 23.3 Å². The summed E-state index contributed by atoms with van der Waals surface area (Å²) < 4.78 is 33.0. The lowest BCUT2D eigenvalue weighted by atomic mass is 9.97. The maximum absolute atomic E-state index is 13.0. The lowest BCUT2D eigenvalue weighted by molar-refractivity contribution is -0.384. The van der Waals surface area contributed by atoms with Crippen LogP contribution in [0.2, 0.25) is 0 Å². The molecule has 0 aromatic heterocycles. The Morgan fingerprint density at radius 1 is 1.16 bits per heavy atom. The molecule has 0 aliphatic carbocycles. The van der Waals surface area contributed by atoms with E-state index < -0.39 is 14.9 Å². The molecule has 9 nitrogen and oxygen atoms in total. The van der Waals surface area contributed by atoms with Gasteiger partial charge in [0, 0.05) is 31.1 Å². The molecular weight excluding hydrogens is 434 g/mol. The van der Waals surface area contributed by atoms with Gasteiger partial charge in [0.15, 0.2) is 0 Å². The van der Waals surface area contributed by atoms with Crippen molar-refractivity contribution in [2.24, 2.45) is 5.92 Å². The molecule has 1 N–H and O–H groups in total. The molecular formula is C22H27N3O6S. The highest BCUT2D eigenvalue weighted by Gasteiger charge is 2.32. The number of piperidine rings is 1. The van der Waals surface area contributed by atoms with E-state index in [4.69, 9.17) is 4.74 Å². The van der Waals surface area contributed by atoms with Crippen LogP contribution in [0, 0.1) is 29.9 Å². The first-order valence-corrected chi connectivity index (χ1v) is 11.9. The van der Waals surface area contributed by atoms with Gasteiger partial charge in [0.25, 0.3) is 5.69 Å². The van der Waals surface area contributed by atoms with E-state index >= 15 is 0 Å². The average molecular weight is 462 g/mol. The van der Waals surface area contributed by atoms with Gasteiger partial charge < -0.3 is 10.1 Å². The van der Waals surface area contributed by atoms with Gasteiger partial charge in [-0.3, -0.25) is 14.9 Å². The van der Waals surface area contributed by atoms with Crippen LogP contribution in [0.3, 0.4) is 0 Å². The Labute approximate surface area is 187 Å². The first kappa shape index (κ1) is 23.7. The largest absolute Gasteiger partial charge is 0.494 e. The third-order valence-electron chi connectivity index (χ3n) is 5.60. The van der Waals surface area contributed by atoms with Crippen molar-refractivity contribution < 1.29 is 22.9 Å². The van der Waals surface area contributed by atoms with Crippen molar-refractivity contribution in [3.63, 3.8) is 0 Å². The minimum Gasteiger partial charge on any atom is -0.494 e. The topological polar surface area (TPSA) is 119 Å². The number of ether oxygens (including phenoxy) is 1. The number of anilines is 1. The molecule has 0 spiro atoms. The molecule has 1 aliphatic rings.